The molecular formula is C20H16N4OS. The summed E-state index contributed by atoms with van der Waals surface area (Å²) >= 11 is 1.53. The van der Waals surface area contributed by atoms with E-state index in [2.05, 4.69) is 4.90 Å². The van der Waals surface area contributed by atoms with Crippen molar-refractivity contribution in [3.05, 3.63) is 59.5 Å². The number of hydrogen-bond donors (Lipinski definition) is 0. The van der Waals surface area contributed by atoms with Crippen LogP contribution in [0, 0.1) is 0 Å². The molecule has 0 fully saturated rings. The normalized spacial score (nSPS) is 14.0. The van der Waals surface area contributed by atoms with Gasteiger partial charge in [-0.25, -0.2) is 9.97 Å². The SMILES string of the molecule is CN1CCN(C(=O)c2cc3ccccc3s2)c2nc3ccccc3nc21. The average molecular weight is 360 g/mol. The third kappa shape index (κ3) is 2.34. The van der Waals surface area contributed by atoms with Gasteiger partial charge in [0.25, 0.3) is 5.91 Å². The van der Waals surface area contributed by atoms with E-state index in [-0.39, 0.29) is 5.91 Å². The first kappa shape index (κ1) is 15.3. The predicted octanol–water partition coefficient (Wildman–Crippen LogP) is 3.94. The molecule has 1 amide bonds. The Balaban J connectivity index is 1.63. The number of amides is 1. The number of likely N-dealkylation sites (N-methyl/N-ethyl adjacent to an activating group) is 1. The van der Waals surface area contributed by atoms with Crippen molar-refractivity contribution in [2.24, 2.45) is 0 Å². The van der Waals surface area contributed by atoms with Crippen LogP contribution in [-0.4, -0.2) is 36.0 Å². The quantitative estimate of drug-likeness (QED) is 0.516. The van der Waals surface area contributed by atoms with Gasteiger partial charge in [-0.1, -0.05) is 30.3 Å². The molecule has 0 aliphatic carbocycles. The van der Waals surface area contributed by atoms with Crippen molar-refractivity contribution < 1.29 is 4.79 Å². The summed E-state index contributed by atoms with van der Waals surface area (Å²) in [5.41, 5.74) is 1.64. The van der Waals surface area contributed by atoms with Gasteiger partial charge in [0.15, 0.2) is 11.6 Å². The van der Waals surface area contributed by atoms with E-state index >= 15 is 0 Å². The highest BCUT2D eigenvalue weighted by atomic mass is 32.1. The van der Waals surface area contributed by atoms with Crippen LogP contribution in [0.3, 0.4) is 0 Å². The zero-order valence-electron chi connectivity index (χ0n) is 14.2. The Morgan fingerprint density at radius 2 is 1.65 bits per heavy atom. The maximum atomic E-state index is 13.2. The van der Waals surface area contributed by atoms with Gasteiger partial charge in [0.2, 0.25) is 0 Å². The van der Waals surface area contributed by atoms with Crippen LogP contribution < -0.4 is 9.80 Å². The lowest BCUT2D eigenvalue weighted by Gasteiger charge is -2.33. The van der Waals surface area contributed by atoms with Gasteiger partial charge in [0.1, 0.15) is 0 Å². The molecule has 4 aromatic rings. The van der Waals surface area contributed by atoms with Crippen LogP contribution in [0.4, 0.5) is 11.6 Å². The molecule has 0 saturated carbocycles. The largest absolute Gasteiger partial charge is 0.355 e. The van der Waals surface area contributed by atoms with E-state index in [1.165, 1.54) is 11.3 Å². The van der Waals surface area contributed by atoms with Gasteiger partial charge in [-0.15, -0.1) is 11.3 Å². The molecular weight excluding hydrogens is 344 g/mol. The van der Waals surface area contributed by atoms with Crippen LogP contribution in [0.15, 0.2) is 54.6 Å². The summed E-state index contributed by atoms with van der Waals surface area (Å²) in [6, 6.07) is 17.8. The smallest absolute Gasteiger partial charge is 0.269 e. The Hall–Kier alpha value is -2.99. The number of carbonyl (C=O) groups excluding carboxylic acids is 1. The van der Waals surface area contributed by atoms with E-state index in [0.29, 0.717) is 12.4 Å². The Morgan fingerprint density at radius 3 is 2.42 bits per heavy atom. The van der Waals surface area contributed by atoms with E-state index < -0.39 is 0 Å². The number of thiophene rings is 1. The lowest BCUT2D eigenvalue weighted by Crippen LogP contribution is -2.43. The highest BCUT2D eigenvalue weighted by molar-refractivity contribution is 7.20. The molecule has 5 rings (SSSR count). The average Bonchev–Trinajstić information content (AvgIpc) is 3.11. The highest BCUT2D eigenvalue weighted by Gasteiger charge is 2.30. The molecule has 0 bridgehead atoms. The van der Waals surface area contributed by atoms with E-state index in [4.69, 9.17) is 9.97 Å². The second-order valence-electron chi connectivity index (χ2n) is 6.39. The summed E-state index contributed by atoms with van der Waals surface area (Å²) in [5, 5.41) is 1.10. The third-order valence-electron chi connectivity index (χ3n) is 4.69. The molecule has 0 atom stereocenters. The van der Waals surface area contributed by atoms with Crippen molar-refractivity contribution in [2.75, 3.05) is 29.9 Å². The summed E-state index contributed by atoms with van der Waals surface area (Å²) in [5.74, 6) is 1.38. The minimum Gasteiger partial charge on any atom is -0.355 e. The number of hydrogen-bond acceptors (Lipinski definition) is 5. The van der Waals surface area contributed by atoms with Crippen LogP contribution in [0.1, 0.15) is 9.67 Å². The fourth-order valence-electron chi connectivity index (χ4n) is 3.30. The van der Waals surface area contributed by atoms with Crippen molar-refractivity contribution in [3.8, 4) is 0 Å². The van der Waals surface area contributed by atoms with Crippen molar-refractivity contribution in [2.45, 2.75) is 0 Å². The molecule has 2 aromatic carbocycles. The fourth-order valence-corrected chi connectivity index (χ4v) is 4.31. The molecule has 0 unspecified atom stereocenters. The number of rotatable bonds is 1. The van der Waals surface area contributed by atoms with Crippen LogP contribution in [0.5, 0.6) is 0 Å². The minimum absolute atomic E-state index is 0.00914. The molecule has 0 radical (unpaired) electrons. The van der Waals surface area contributed by atoms with Crippen LogP contribution in [0.25, 0.3) is 21.1 Å². The van der Waals surface area contributed by atoms with Gasteiger partial charge in [-0.3, -0.25) is 9.69 Å². The first-order valence-corrected chi connectivity index (χ1v) is 9.31. The van der Waals surface area contributed by atoms with Gasteiger partial charge >= 0.3 is 0 Å². The monoisotopic (exact) mass is 360 g/mol. The van der Waals surface area contributed by atoms with Crippen molar-refractivity contribution in [3.63, 3.8) is 0 Å². The minimum atomic E-state index is -0.00914. The lowest BCUT2D eigenvalue weighted by atomic mass is 10.2. The number of para-hydroxylation sites is 2. The van der Waals surface area contributed by atoms with Gasteiger partial charge in [0, 0.05) is 24.8 Å². The number of anilines is 2. The van der Waals surface area contributed by atoms with E-state index in [1.54, 1.807) is 4.90 Å². The Labute approximate surface area is 154 Å². The first-order chi connectivity index (χ1) is 12.7. The van der Waals surface area contributed by atoms with Crippen LogP contribution in [0.2, 0.25) is 0 Å². The zero-order chi connectivity index (χ0) is 17.7. The van der Waals surface area contributed by atoms with Crippen molar-refractivity contribution >= 4 is 50.0 Å². The van der Waals surface area contributed by atoms with Gasteiger partial charge in [-0.2, -0.15) is 0 Å². The summed E-state index contributed by atoms with van der Waals surface area (Å²) in [6.45, 7) is 1.33. The first-order valence-electron chi connectivity index (χ1n) is 8.49. The van der Waals surface area contributed by atoms with E-state index in [1.807, 2.05) is 61.6 Å². The lowest BCUT2D eigenvalue weighted by molar-refractivity contribution is 0.0990. The summed E-state index contributed by atoms with van der Waals surface area (Å²) in [6.07, 6.45) is 0. The second kappa shape index (κ2) is 5.78. The fraction of sp³-hybridized carbons (Fsp3) is 0.150. The molecule has 5 nitrogen and oxygen atoms in total. The molecule has 128 valence electrons. The molecule has 26 heavy (non-hydrogen) atoms. The Morgan fingerprint density at radius 1 is 0.962 bits per heavy atom. The maximum absolute atomic E-state index is 13.2. The molecule has 2 aromatic heterocycles. The number of carbonyl (C=O) groups is 1. The number of aromatic nitrogens is 2. The third-order valence-corrected chi connectivity index (χ3v) is 5.80. The van der Waals surface area contributed by atoms with Crippen molar-refractivity contribution in [1.82, 2.24) is 9.97 Å². The Bertz CT molecular complexity index is 1120. The van der Waals surface area contributed by atoms with Crippen LogP contribution >= 0.6 is 11.3 Å². The van der Waals surface area contributed by atoms with Crippen molar-refractivity contribution in [1.29, 1.82) is 0 Å². The summed E-state index contributed by atoms with van der Waals surface area (Å²) in [7, 11) is 1.99. The molecule has 0 spiro atoms. The standard InChI is InChI=1S/C20H16N4OS/c1-23-10-11-24(19-18(23)21-14-7-3-4-8-15(14)22-19)20(25)17-12-13-6-2-5-9-16(13)26-17/h2-9,12H,10-11H2,1H3. The van der Waals surface area contributed by atoms with Gasteiger partial charge in [0.05, 0.1) is 15.9 Å². The molecule has 0 N–H and O–H groups in total. The Kier molecular flexibility index (Phi) is 3.39. The number of fused-ring (bicyclic) bond motifs is 3. The summed E-state index contributed by atoms with van der Waals surface area (Å²) in [4.78, 5) is 27.3. The molecule has 0 saturated heterocycles. The zero-order valence-corrected chi connectivity index (χ0v) is 15.0. The summed E-state index contributed by atoms with van der Waals surface area (Å²) < 4.78 is 1.12. The van der Waals surface area contributed by atoms with E-state index in [0.717, 1.165) is 38.4 Å². The number of benzene rings is 2. The second-order valence-corrected chi connectivity index (χ2v) is 7.47. The maximum Gasteiger partial charge on any atom is 0.269 e. The van der Waals surface area contributed by atoms with Gasteiger partial charge < -0.3 is 4.90 Å². The topological polar surface area (TPSA) is 49.3 Å². The molecule has 1 aliphatic rings. The molecule has 1 aliphatic heterocycles. The predicted molar refractivity (Wildman–Crippen MR) is 106 cm³/mol. The highest BCUT2D eigenvalue weighted by Crippen LogP contribution is 2.33. The van der Waals surface area contributed by atoms with E-state index in [9.17, 15) is 4.79 Å². The van der Waals surface area contributed by atoms with Gasteiger partial charge in [-0.05, 0) is 29.7 Å². The van der Waals surface area contributed by atoms with Crippen LogP contribution in [-0.2, 0) is 0 Å². The number of nitrogens with zero attached hydrogens (tertiary/aromatic N) is 4. The molecule has 3 heterocycles. The molecule has 6 heteroatoms.